The van der Waals surface area contributed by atoms with Gasteiger partial charge in [0.25, 0.3) is 0 Å². The fourth-order valence-electron chi connectivity index (χ4n) is 1.99. The topological polar surface area (TPSA) is 9.23 Å². The lowest BCUT2D eigenvalue weighted by atomic mass is 10.0. The molecule has 2 heteroatoms. The zero-order valence-electron chi connectivity index (χ0n) is 6.27. The summed E-state index contributed by atoms with van der Waals surface area (Å²) in [7, 11) is 0. The first-order valence-electron chi connectivity index (χ1n) is 3.94. The summed E-state index contributed by atoms with van der Waals surface area (Å²) in [6, 6.07) is 0. The van der Waals surface area contributed by atoms with Crippen LogP contribution < -0.4 is 0 Å². The van der Waals surface area contributed by atoms with E-state index in [4.69, 9.17) is 4.74 Å². The Balaban J connectivity index is 1.95. The third-order valence-electron chi connectivity index (χ3n) is 3.01. The molecule has 1 nitrogen and oxygen atoms in total. The van der Waals surface area contributed by atoms with Crippen LogP contribution in [0.25, 0.3) is 0 Å². The average molecular weight is 252 g/mol. The molecule has 10 heavy (non-hydrogen) atoms. The zero-order chi connectivity index (χ0) is 7.19. The van der Waals surface area contributed by atoms with Gasteiger partial charge in [0, 0.05) is 4.43 Å². The first kappa shape index (κ1) is 7.35. The van der Waals surface area contributed by atoms with Crippen LogP contribution in [0.5, 0.6) is 0 Å². The van der Waals surface area contributed by atoms with E-state index < -0.39 is 0 Å². The van der Waals surface area contributed by atoms with Crippen molar-refractivity contribution in [3.05, 3.63) is 0 Å². The summed E-state index contributed by atoms with van der Waals surface area (Å²) in [4.78, 5) is 0. The Morgan fingerprint density at radius 3 is 2.60 bits per heavy atom. The van der Waals surface area contributed by atoms with Crippen molar-refractivity contribution in [1.82, 2.24) is 0 Å². The van der Waals surface area contributed by atoms with Gasteiger partial charge in [-0.05, 0) is 24.2 Å². The lowest BCUT2D eigenvalue weighted by Gasteiger charge is -2.02. The van der Waals surface area contributed by atoms with Crippen molar-refractivity contribution in [2.24, 2.45) is 11.3 Å². The van der Waals surface area contributed by atoms with Gasteiger partial charge in [0.2, 0.25) is 0 Å². The first-order chi connectivity index (χ1) is 4.77. The maximum absolute atomic E-state index is 5.64. The van der Waals surface area contributed by atoms with Gasteiger partial charge < -0.3 is 4.74 Å². The number of hydrogen-bond donors (Lipinski definition) is 0. The predicted molar refractivity (Wildman–Crippen MR) is 49.5 cm³/mol. The van der Waals surface area contributed by atoms with Crippen molar-refractivity contribution < 1.29 is 4.74 Å². The molecule has 1 saturated carbocycles. The normalized spacial score (nSPS) is 52.2. The van der Waals surface area contributed by atoms with Crippen LogP contribution in [0.4, 0.5) is 0 Å². The summed E-state index contributed by atoms with van der Waals surface area (Å²) >= 11 is 2.42. The van der Waals surface area contributed by atoms with Crippen LogP contribution in [0, 0.1) is 11.3 Å². The van der Waals surface area contributed by atoms with Crippen LogP contribution in [0.15, 0.2) is 0 Å². The largest absolute Gasteiger partial charge is 0.377 e. The molecular formula is C8H13IO. The van der Waals surface area contributed by atoms with E-state index in [-0.39, 0.29) is 0 Å². The Morgan fingerprint density at radius 1 is 1.60 bits per heavy atom. The molecule has 0 radical (unpaired) electrons. The van der Waals surface area contributed by atoms with E-state index in [1.165, 1.54) is 17.3 Å². The summed E-state index contributed by atoms with van der Waals surface area (Å²) < 4.78 is 6.82. The van der Waals surface area contributed by atoms with Gasteiger partial charge in [-0.3, -0.25) is 0 Å². The fourth-order valence-corrected chi connectivity index (χ4v) is 2.56. The molecule has 0 amide bonds. The van der Waals surface area contributed by atoms with Crippen molar-refractivity contribution in [3.63, 3.8) is 0 Å². The number of hydrogen-bond acceptors (Lipinski definition) is 1. The Morgan fingerprint density at radius 2 is 2.30 bits per heavy atom. The van der Waals surface area contributed by atoms with Gasteiger partial charge in [-0.2, -0.15) is 0 Å². The number of alkyl halides is 1. The third-order valence-corrected chi connectivity index (χ3v) is 3.99. The molecule has 1 spiro atoms. The molecule has 0 aromatic heterocycles. The highest BCUT2D eigenvalue weighted by atomic mass is 127. The molecule has 2 fully saturated rings. The maximum atomic E-state index is 5.64. The van der Waals surface area contributed by atoms with Crippen LogP contribution >= 0.6 is 22.6 Å². The van der Waals surface area contributed by atoms with Gasteiger partial charge in [-0.1, -0.05) is 29.5 Å². The summed E-state index contributed by atoms with van der Waals surface area (Å²) in [5, 5.41) is 0. The van der Waals surface area contributed by atoms with Gasteiger partial charge in [-0.15, -0.1) is 0 Å². The monoisotopic (exact) mass is 252 g/mol. The average Bonchev–Trinajstić information content (AvgIpc) is 2.43. The molecule has 0 unspecified atom stereocenters. The molecule has 0 N–H and O–H groups in total. The molecule has 2 rings (SSSR count). The highest BCUT2D eigenvalue weighted by Crippen LogP contribution is 2.59. The minimum atomic E-state index is 0.575. The van der Waals surface area contributed by atoms with Crippen LogP contribution in [0.3, 0.4) is 0 Å². The van der Waals surface area contributed by atoms with Crippen molar-refractivity contribution in [2.45, 2.75) is 25.9 Å². The first-order valence-corrected chi connectivity index (χ1v) is 5.47. The maximum Gasteiger partial charge on any atom is 0.0671 e. The summed E-state index contributed by atoms with van der Waals surface area (Å²) in [6.45, 7) is 3.39. The van der Waals surface area contributed by atoms with Crippen LogP contribution in [0.2, 0.25) is 0 Å². The van der Waals surface area contributed by atoms with Crippen LogP contribution in [-0.4, -0.2) is 17.1 Å². The van der Waals surface area contributed by atoms with Gasteiger partial charge in [0.15, 0.2) is 0 Å². The van der Waals surface area contributed by atoms with Crippen LogP contribution in [-0.2, 0) is 4.74 Å². The standard InChI is InChI=1S/C8H13IO/c1-6-2-8(6)3-7(4-9)10-5-8/h6-7H,2-5H2,1H3/t6-,7+,8+/m1/s1. The summed E-state index contributed by atoms with van der Waals surface area (Å²) in [6.07, 6.45) is 3.32. The SMILES string of the molecule is C[C@@H]1C[C@]12CO[C@H](CI)C2. The molecule has 3 atom stereocenters. The fraction of sp³-hybridized carbons (Fsp3) is 1.00. The Labute approximate surface area is 75.7 Å². The molecule has 2 aliphatic rings. The number of ether oxygens (including phenoxy) is 1. The third kappa shape index (κ3) is 0.998. The Kier molecular flexibility index (Phi) is 1.72. The molecule has 1 saturated heterocycles. The minimum Gasteiger partial charge on any atom is -0.377 e. The molecule has 0 bridgehead atoms. The molecule has 1 aliphatic heterocycles. The molecule has 0 aromatic carbocycles. The molecular weight excluding hydrogens is 239 g/mol. The van der Waals surface area contributed by atoms with Gasteiger partial charge in [0.1, 0.15) is 0 Å². The molecule has 1 heterocycles. The number of halogens is 1. The van der Waals surface area contributed by atoms with Crippen molar-refractivity contribution in [3.8, 4) is 0 Å². The zero-order valence-corrected chi connectivity index (χ0v) is 8.43. The van der Waals surface area contributed by atoms with E-state index in [1.54, 1.807) is 0 Å². The predicted octanol–water partition coefficient (Wildman–Crippen LogP) is 2.24. The summed E-state index contributed by atoms with van der Waals surface area (Å²) in [5.74, 6) is 0.945. The van der Waals surface area contributed by atoms with Gasteiger partial charge >= 0.3 is 0 Å². The molecule has 58 valence electrons. The highest BCUT2D eigenvalue weighted by molar-refractivity contribution is 14.1. The van der Waals surface area contributed by atoms with Crippen LogP contribution in [0.1, 0.15) is 19.8 Å². The van der Waals surface area contributed by atoms with Crippen molar-refractivity contribution in [1.29, 1.82) is 0 Å². The Bertz CT molecular complexity index is 148. The number of rotatable bonds is 1. The van der Waals surface area contributed by atoms with E-state index in [0.717, 1.165) is 12.5 Å². The quantitative estimate of drug-likeness (QED) is 0.513. The second kappa shape index (κ2) is 2.34. The van der Waals surface area contributed by atoms with Gasteiger partial charge in [-0.25, -0.2) is 0 Å². The Hall–Kier alpha value is 0.690. The smallest absolute Gasteiger partial charge is 0.0671 e. The van der Waals surface area contributed by atoms with Crippen molar-refractivity contribution in [2.75, 3.05) is 11.0 Å². The van der Waals surface area contributed by atoms with Crippen molar-refractivity contribution >= 4 is 22.6 Å². The van der Waals surface area contributed by atoms with E-state index in [0.29, 0.717) is 11.5 Å². The lowest BCUT2D eigenvalue weighted by molar-refractivity contribution is 0.122. The second-order valence-electron chi connectivity index (χ2n) is 3.76. The minimum absolute atomic E-state index is 0.575. The van der Waals surface area contributed by atoms with E-state index in [9.17, 15) is 0 Å². The van der Waals surface area contributed by atoms with E-state index in [1.807, 2.05) is 0 Å². The molecule has 1 aliphatic carbocycles. The van der Waals surface area contributed by atoms with E-state index >= 15 is 0 Å². The highest BCUT2D eigenvalue weighted by Gasteiger charge is 2.55. The second-order valence-corrected chi connectivity index (χ2v) is 4.64. The van der Waals surface area contributed by atoms with E-state index in [2.05, 4.69) is 29.5 Å². The molecule has 0 aromatic rings. The summed E-state index contributed by atoms with van der Waals surface area (Å²) in [5.41, 5.74) is 0.649. The lowest BCUT2D eigenvalue weighted by Crippen LogP contribution is -2.06. The van der Waals surface area contributed by atoms with Gasteiger partial charge in [0.05, 0.1) is 12.7 Å².